The van der Waals surface area contributed by atoms with Gasteiger partial charge in [-0.3, -0.25) is 0 Å². The molecule has 0 aliphatic rings. The minimum Gasteiger partial charge on any atom is -0.489 e. The number of hydrogen-bond donors (Lipinski definition) is 0. The molecular weight excluding hydrogens is 344 g/mol. The normalized spacial score (nSPS) is 10.9. The van der Waals surface area contributed by atoms with Gasteiger partial charge in [-0.25, -0.2) is 4.79 Å². The van der Waals surface area contributed by atoms with Gasteiger partial charge in [0.05, 0.1) is 0 Å². The smallest absolute Gasteiger partial charge is 0.339 e. The maximum atomic E-state index is 11.8. The van der Waals surface area contributed by atoms with Crippen molar-refractivity contribution in [1.29, 1.82) is 0 Å². The summed E-state index contributed by atoms with van der Waals surface area (Å²) in [5.41, 5.74) is 2.93. The highest BCUT2D eigenvalue weighted by molar-refractivity contribution is 9.10. The minimum atomic E-state index is -0.296. The van der Waals surface area contributed by atoms with E-state index in [9.17, 15) is 4.79 Å². The van der Waals surface area contributed by atoms with Crippen LogP contribution in [0.3, 0.4) is 0 Å². The molecule has 22 heavy (non-hydrogen) atoms. The number of benzene rings is 2. The Balaban J connectivity index is 1.87. The monoisotopic (exact) mass is 358 g/mol. The van der Waals surface area contributed by atoms with E-state index in [2.05, 4.69) is 15.9 Å². The fourth-order valence-corrected chi connectivity index (χ4v) is 2.53. The summed E-state index contributed by atoms with van der Waals surface area (Å²) in [7, 11) is 0. The molecule has 0 atom stereocenters. The molecule has 1 aromatic heterocycles. The molecule has 2 aromatic carbocycles. The van der Waals surface area contributed by atoms with Crippen LogP contribution >= 0.6 is 15.9 Å². The van der Waals surface area contributed by atoms with Crippen LogP contribution in [0.25, 0.3) is 11.0 Å². The summed E-state index contributed by atoms with van der Waals surface area (Å²) in [5.74, 6) is 0.682. The lowest BCUT2D eigenvalue weighted by Crippen LogP contribution is -2.05. The lowest BCUT2D eigenvalue weighted by atomic mass is 10.1. The Bertz CT molecular complexity index is 879. The molecular formula is C18H15BrO3. The molecule has 4 heteroatoms. The number of aryl methyl sites for hydroxylation is 1. The Morgan fingerprint density at radius 2 is 1.77 bits per heavy atom. The number of fused-ring (bicyclic) bond motifs is 1. The molecule has 0 fully saturated rings. The van der Waals surface area contributed by atoms with Gasteiger partial charge < -0.3 is 9.15 Å². The molecule has 3 rings (SSSR count). The third kappa shape index (κ3) is 2.92. The van der Waals surface area contributed by atoms with E-state index < -0.39 is 0 Å². The lowest BCUT2D eigenvalue weighted by molar-refractivity contribution is 0.306. The average Bonchev–Trinajstić information content (AvgIpc) is 2.52. The molecule has 0 aliphatic heterocycles. The summed E-state index contributed by atoms with van der Waals surface area (Å²) in [5, 5.41) is 0.938. The van der Waals surface area contributed by atoms with Crippen molar-refractivity contribution in [3.8, 4) is 5.75 Å². The van der Waals surface area contributed by atoms with Crippen LogP contribution in [-0.2, 0) is 6.61 Å². The molecule has 0 amide bonds. The summed E-state index contributed by atoms with van der Waals surface area (Å²) >= 11 is 3.41. The molecule has 0 saturated heterocycles. The molecule has 0 bridgehead atoms. The van der Waals surface area contributed by atoms with Crippen LogP contribution in [0.2, 0.25) is 0 Å². The van der Waals surface area contributed by atoms with Crippen LogP contribution < -0.4 is 10.4 Å². The Hall–Kier alpha value is -2.07. The van der Waals surface area contributed by atoms with Crippen molar-refractivity contribution in [2.75, 3.05) is 0 Å². The number of ether oxygens (including phenoxy) is 1. The summed E-state index contributed by atoms with van der Waals surface area (Å²) in [6.45, 7) is 4.17. The van der Waals surface area contributed by atoms with Crippen molar-refractivity contribution in [1.82, 2.24) is 0 Å². The third-order valence-corrected chi connectivity index (χ3v) is 4.28. The predicted molar refractivity (Wildman–Crippen MR) is 90.4 cm³/mol. The topological polar surface area (TPSA) is 39.4 Å². The Labute approximate surface area is 136 Å². The van der Waals surface area contributed by atoms with Crippen LogP contribution in [0.4, 0.5) is 0 Å². The molecule has 0 N–H and O–H groups in total. The minimum absolute atomic E-state index is 0.296. The molecule has 3 nitrogen and oxygen atoms in total. The van der Waals surface area contributed by atoms with Gasteiger partial charge in [-0.05, 0) is 49.2 Å². The highest BCUT2D eigenvalue weighted by Gasteiger charge is 2.08. The molecule has 112 valence electrons. The van der Waals surface area contributed by atoms with Crippen molar-refractivity contribution in [2.45, 2.75) is 20.5 Å². The van der Waals surface area contributed by atoms with E-state index in [1.54, 1.807) is 13.0 Å². The van der Waals surface area contributed by atoms with Gasteiger partial charge in [0.2, 0.25) is 0 Å². The summed E-state index contributed by atoms with van der Waals surface area (Å²) < 4.78 is 12.1. The molecule has 0 unspecified atom stereocenters. The summed E-state index contributed by atoms with van der Waals surface area (Å²) in [6, 6.07) is 13.5. The Morgan fingerprint density at radius 1 is 1.05 bits per heavy atom. The first kappa shape index (κ1) is 14.9. The lowest BCUT2D eigenvalue weighted by Gasteiger charge is -2.09. The van der Waals surface area contributed by atoms with Crippen molar-refractivity contribution >= 4 is 26.9 Å². The molecule has 0 spiro atoms. The number of rotatable bonds is 3. The van der Waals surface area contributed by atoms with Crippen LogP contribution in [0, 0.1) is 13.8 Å². The average molecular weight is 359 g/mol. The van der Waals surface area contributed by atoms with E-state index in [-0.39, 0.29) is 5.63 Å². The number of halogens is 1. The SMILES string of the molecule is Cc1c(C)c2ccc(OCc3ccc(Br)cc3)cc2oc1=O. The quantitative estimate of drug-likeness (QED) is 0.634. The van der Waals surface area contributed by atoms with E-state index in [0.29, 0.717) is 23.5 Å². The van der Waals surface area contributed by atoms with Gasteiger partial charge >= 0.3 is 5.63 Å². The molecule has 1 heterocycles. The highest BCUT2D eigenvalue weighted by atomic mass is 79.9. The van der Waals surface area contributed by atoms with Gasteiger partial charge in [0, 0.05) is 21.5 Å². The predicted octanol–water partition coefficient (Wildman–Crippen LogP) is 4.75. The van der Waals surface area contributed by atoms with Crippen LogP contribution in [0.5, 0.6) is 5.75 Å². The van der Waals surface area contributed by atoms with Gasteiger partial charge in [0.25, 0.3) is 0 Å². The number of hydrogen-bond acceptors (Lipinski definition) is 3. The molecule has 0 saturated carbocycles. The van der Waals surface area contributed by atoms with Gasteiger partial charge in [-0.1, -0.05) is 28.1 Å². The standard InChI is InChI=1S/C18H15BrO3/c1-11-12(2)18(20)22-17-9-15(7-8-16(11)17)21-10-13-3-5-14(19)6-4-13/h3-9H,10H2,1-2H3. The fraction of sp³-hybridized carbons (Fsp3) is 0.167. The van der Waals surface area contributed by atoms with Crippen molar-refractivity contribution in [3.63, 3.8) is 0 Å². The summed E-state index contributed by atoms with van der Waals surface area (Å²) in [4.78, 5) is 11.8. The van der Waals surface area contributed by atoms with Crippen LogP contribution in [0.15, 0.2) is 56.1 Å². The Kier molecular flexibility index (Phi) is 4.03. The first-order valence-corrected chi connectivity index (χ1v) is 7.75. The third-order valence-electron chi connectivity index (χ3n) is 3.75. The summed E-state index contributed by atoms with van der Waals surface area (Å²) in [6.07, 6.45) is 0. The second-order valence-electron chi connectivity index (χ2n) is 5.21. The van der Waals surface area contributed by atoms with Gasteiger partial charge in [0.15, 0.2) is 0 Å². The maximum Gasteiger partial charge on any atom is 0.339 e. The van der Waals surface area contributed by atoms with E-state index >= 15 is 0 Å². The Morgan fingerprint density at radius 3 is 2.50 bits per heavy atom. The van der Waals surface area contributed by atoms with E-state index in [4.69, 9.17) is 9.15 Å². The van der Waals surface area contributed by atoms with Crippen molar-refractivity contribution in [2.24, 2.45) is 0 Å². The first-order valence-electron chi connectivity index (χ1n) is 6.96. The van der Waals surface area contributed by atoms with Gasteiger partial charge in [-0.15, -0.1) is 0 Å². The highest BCUT2D eigenvalue weighted by Crippen LogP contribution is 2.24. The van der Waals surface area contributed by atoms with Crippen LogP contribution in [-0.4, -0.2) is 0 Å². The zero-order valence-corrected chi connectivity index (χ0v) is 13.9. The second-order valence-corrected chi connectivity index (χ2v) is 6.13. The van der Waals surface area contributed by atoms with E-state index in [0.717, 1.165) is 21.0 Å². The van der Waals surface area contributed by atoms with Crippen molar-refractivity contribution < 1.29 is 9.15 Å². The zero-order valence-electron chi connectivity index (χ0n) is 12.4. The van der Waals surface area contributed by atoms with Crippen LogP contribution in [0.1, 0.15) is 16.7 Å². The van der Waals surface area contributed by atoms with Gasteiger partial charge in [-0.2, -0.15) is 0 Å². The largest absolute Gasteiger partial charge is 0.489 e. The molecule has 0 radical (unpaired) electrons. The molecule has 0 aliphatic carbocycles. The fourth-order valence-electron chi connectivity index (χ4n) is 2.27. The first-order chi connectivity index (χ1) is 10.5. The molecule has 3 aromatic rings. The second kappa shape index (κ2) is 5.97. The van der Waals surface area contributed by atoms with Gasteiger partial charge in [0.1, 0.15) is 17.9 Å². The zero-order chi connectivity index (χ0) is 15.7. The van der Waals surface area contributed by atoms with E-state index in [1.807, 2.05) is 43.3 Å². The van der Waals surface area contributed by atoms with E-state index in [1.165, 1.54) is 0 Å². The maximum absolute atomic E-state index is 11.8. The van der Waals surface area contributed by atoms with Crippen molar-refractivity contribution in [3.05, 3.63) is 74.0 Å².